The van der Waals surface area contributed by atoms with Crippen molar-refractivity contribution in [2.45, 2.75) is 22.9 Å². The van der Waals surface area contributed by atoms with Crippen LogP contribution in [-0.4, -0.2) is 64.3 Å². The summed E-state index contributed by atoms with van der Waals surface area (Å²) < 4.78 is 48.7. The third-order valence-corrected chi connectivity index (χ3v) is 8.20. The summed E-state index contributed by atoms with van der Waals surface area (Å²) in [5.74, 6) is 0. The van der Waals surface area contributed by atoms with Crippen LogP contribution in [0, 0.1) is 0 Å². The summed E-state index contributed by atoms with van der Waals surface area (Å²) in [6, 6.07) is 0.895. The molecule has 1 aromatic heterocycles. The van der Waals surface area contributed by atoms with Crippen LogP contribution in [0.1, 0.15) is 0 Å². The highest BCUT2D eigenvalue weighted by Gasteiger charge is 2.55. The maximum Gasteiger partial charge on any atom is 0.490 e. The first kappa shape index (κ1) is 25.7. The molecule has 0 spiro atoms. The van der Waals surface area contributed by atoms with Gasteiger partial charge in [0.15, 0.2) is 0 Å². The molecular formula is C9H14BrN2O15P3. The van der Waals surface area contributed by atoms with Crippen LogP contribution in [0.15, 0.2) is 21.9 Å². The van der Waals surface area contributed by atoms with Gasteiger partial charge in [-0.05, 0) is 15.9 Å². The highest BCUT2D eigenvalue weighted by atomic mass is 79.9. The monoisotopic (exact) mass is 562 g/mol. The zero-order valence-electron chi connectivity index (χ0n) is 14.1. The van der Waals surface area contributed by atoms with Crippen LogP contribution >= 0.6 is 39.4 Å². The van der Waals surface area contributed by atoms with Gasteiger partial charge < -0.3 is 34.5 Å². The normalized spacial score (nSPS) is 31.2. The number of hydrogen-bond donors (Lipinski definition) is 7. The number of H-pyrrole nitrogens is 1. The van der Waals surface area contributed by atoms with E-state index >= 15 is 0 Å². The van der Waals surface area contributed by atoms with Crippen LogP contribution in [0.4, 0.5) is 0 Å². The fourth-order valence-electron chi connectivity index (χ4n) is 2.23. The zero-order valence-corrected chi connectivity index (χ0v) is 18.4. The third kappa shape index (κ3) is 6.25. The summed E-state index contributed by atoms with van der Waals surface area (Å²) in [5.41, 5.74) is -1.83. The van der Waals surface area contributed by atoms with Gasteiger partial charge in [-0.3, -0.25) is 18.9 Å². The predicted molar refractivity (Wildman–Crippen MR) is 94.9 cm³/mol. The van der Waals surface area contributed by atoms with E-state index in [1.165, 1.54) is 0 Å². The number of hydrogen-bond acceptors (Lipinski definition) is 11. The molecule has 2 unspecified atom stereocenters. The molecule has 1 aromatic rings. The molecule has 0 radical (unpaired) electrons. The Kier molecular flexibility index (Phi) is 7.51. The smallest absolute Gasteiger partial charge is 0.387 e. The SMILES string of the molecule is O=c1ccn([C@]2(Br)O[C@H](COP(=O)(O)OP(=O)(O)OP(=O)(O)O)[C@@H](O)[C@H]2O)c(=O)[nH]1. The Morgan fingerprint density at radius 2 is 1.73 bits per heavy atom. The second kappa shape index (κ2) is 8.77. The summed E-state index contributed by atoms with van der Waals surface area (Å²) >= 11 is 2.88. The molecule has 0 bridgehead atoms. The second-order valence-electron chi connectivity index (χ2n) is 5.57. The molecule has 1 aliphatic heterocycles. The number of ether oxygens (including phenoxy) is 1. The molecular weight excluding hydrogens is 549 g/mol. The number of aromatic amines is 1. The molecule has 7 N–H and O–H groups in total. The minimum absolute atomic E-state index is 0.646. The van der Waals surface area contributed by atoms with Crippen molar-refractivity contribution in [2.75, 3.05) is 6.61 Å². The summed E-state index contributed by atoms with van der Waals surface area (Å²) in [4.78, 5) is 60.3. The van der Waals surface area contributed by atoms with E-state index in [0.29, 0.717) is 4.57 Å². The molecule has 1 fully saturated rings. The summed E-state index contributed by atoms with van der Waals surface area (Å²) in [6.45, 7) is -1.09. The van der Waals surface area contributed by atoms with Crippen molar-refractivity contribution < 1.29 is 61.4 Å². The Balaban J connectivity index is 2.13. The number of aliphatic hydroxyl groups is 2. The van der Waals surface area contributed by atoms with E-state index in [0.717, 1.165) is 12.3 Å². The number of alkyl halides is 1. The van der Waals surface area contributed by atoms with Crippen molar-refractivity contribution in [1.82, 2.24) is 9.55 Å². The first-order valence-corrected chi connectivity index (χ1v) is 12.6. The van der Waals surface area contributed by atoms with Crippen LogP contribution in [0.5, 0.6) is 0 Å². The summed E-state index contributed by atoms with van der Waals surface area (Å²) in [6.07, 6.45) is -4.49. The van der Waals surface area contributed by atoms with Gasteiger partial charge in [0.25, 0.3) is 5.56 Å². The average molecular weight is 563 g/mol. The van der Waals surface area contributed by atoms with E-state index in [4.69, 9.17) is 19.4 Å². The van der Waals surface area contributed by atoms with E-state index in [2.05, 4.69) is 29.1 Å². The lowest BCUT2D eigenvalue weighted by Gasteiger charge is -2.27. The van der Waals surface area contributed by atoms with Crippen molar-refractivity contribution in [3.05, 3.63) is 33.1 Å². The molecule has 6 atom stereocenters. The van der Waals surface area contributed by atoms with Crippen molar-refractivity contribution in [3.8, 4) is 0 Å². The Hall–Kier alpha value is -0.550. The molecule has 21 heteroatoms. The van der Waals surface area contributed by atoms with Crippen LogP contribution < -0.4 is 11.2 Å². The van der Waals surface area contributed by atoms with Gasteiger partial charge in [-0.1, -0.05) is 0 Å². The van der Waals surface area contributed by atoms with Gasteiger partial charge in [0.05, 0.1) is 6.61 Å². The Bertz CT molecular complexity index is 1050. The van der Waals surface area contributed by atoms with Gasteiger partial charge in [-0.15, -0.1) is 0 Å². The number of aliphatic hydroxyl groups excluding tert-OH is 2. The molecule has 17 nitrogen and oxygen atoms in total. The topological polar surface area (TPSA) is 264 Å². The van der Waals surface area contributed by atoms with Gasteiger partial charge in [-0.2, -0.15) is 8.62 Å². The standard InChI is InChI=1S/C9H14BrN2O15P3/c10-9(12-2-1-5(13)11-8(12)16)7(15)6(14)4(25-9)3-24-29(20,21)27-30(22,23)26-28(17,18)19/h1-2,4,6-7,14-15H,3H2,(H,20,21)(H,22,23)(H,11,13,16)(H2,17,18,19)/t4-,6-,7-,9+/m1/s1. The van der Waals surface area contributed by atoms with Crippen molar-refractivity contribution in [1.29, 1.82) is 0 Å². The number of phosphoric ester groups is 1. The van der Waals surface area contributed by atoms with Crippen LogP contribution in [-0.2, 0) is 36.2 Å². The molecule has 0 amide bonds. The van der Waals surface area contributed by atoms with Crippen molar-refractivity contribution >= 4 is 39.4 Å². The maximum atomic E-state index is 11.9. The number of phosphoric acid groups is 3. The fraction of sp³-hybridized carbons (Fsp3) is 0.556. The highest BCUT2D eigenvalue weighted by molar-refractivity contribution is 9.09. The van der Waals surface area contributed by atoms with E-state index in [9.17, 15) is 38.4 Å². The van der Waals surface area contributed by atoms with Gasteiger partial charge >= 0.3 is 29.2 Å². The lowest BCUT2D eigenvalue weighted by molar-refractivity contribution is -0.0758. The molecule has 0 aromatic carbocycles. The van der Waals surface area contributed by atoms with E-state index in [-0.39, 0.29) is 0 Å². The lowest BCUT2D eigenvalue weighted by Crippen LogP contribution is -2.47. The quantitative estimate of drug-likeness (QED) is 0.133. The zero-order chi connectivity index (χ0) is 23.1. The molecule has 30 heavy (non-hydrogen) atoms. The van der Waals surface area contributed by atoms with Gasteiger partial charge in [0, 0.05) is 12.3 Å². The first-order chi connectivity index (χ1) is 13.5. The Morgan fingerprint density at radius 3 is 2.27 bits per heavy atom. The highest BCUT2D eigenvalue weighted by Crippen LogP contribution is 2.66. The fourth-order valence-corrected chi connectivity index (χ4v) is 6.05. The van der Waals surface area contributed by atoms with Crippen LogP contribution in [0.25, 0.3) is 0 Å². The summed E-state index contributed by atoms with van der Waals surface area (Å²) in [7, 11) is -16.8. The van der Waals surface area contributed by atoms with E-state index in [1.807, 2.05) is 4.98 Å². The number of aromatic nitrogens is 2. The Labute approximate surface area is 173 Å². The third-order valence-electron chi connectivity index (χ3n) is 3.36. The first-order valence-electron chi connectivity index (χ1n) is 7.29. The largest absolute Gasteiger partial charge is 0.490 e. The number of halogens is 1. The lowest BCUT2D eigenvalue weighted by atomic mass is 10.1. The molecule has 2 rings (SSSR count). The molecule has 2 heterocycles. The van der Waals surface area contributed by atoms with Crippen LogP contribution in [0.3, 0.4) is 0 Å². The molecule has 0 saturated carbocycles. The van der Waals surface area contributed by atoms with Gasteiger partial charge in [-0.25, -0.2) is 18.5 Å². The number of nitrogens with one attached hydrogen (secondary N) is 1. The van der Waals surface area contributed by atoms with E-state index < -0.39 is 64.3 Å². The Morgan fingerprint density at radius 1 is 1.13 bits per heavy atom. The van der Waals surface area contributed by atoms with Gasteiger partial charge in [0.2, 0.25) is 4.63 Å². The second-order valence-corrected chi connectivity index (χ2v) is 11.1. The summed E-state index contributed by atoms with van der Waals surface area (Å²) in [5, 5.41) is 20.3. The molecule has 0 aliphatic carbocycles. The van der Waals surface area contributed by atoms with Crippen LogP contribution in [0.2, 0.25) is 0 Å². The van der Waals surface area contributed by atoms with Crippen molar-refractivity contribution in [2.24, 2.45) is 0 Å². The molecule has 1 saturated heterocycles. The maximum absolute atomic E-state index is 11.9. The molecule has 1 aliphatic rings. The predicted octanol–water partition coefficient (Wildman–Crippen LogP) is -1.99. The minimum Gasteiger partial charge on any atom is -0.387 e. The van der Waals surface area contributed by atoms with Crippen molar-refractivity contribution in [3.63, 3.8) is 0 Å². The number of rotatable bonds is 8. The number of nitrogens with zero attached hydrogens (tertiary/aromatic N) is 1. The van der Waals surface area contributed by atoms with E-state index in [1.54, 1.807) is 0 Å². The molecule has 172 valence electrons. The minimum atomic E-state index is -5.75. The van der Waals surface area contributed by atoms with Gasteiger partial charge in [0.1, 0.15) is 18.3 Å². The average Bonchev–Trinajstić information content (AvgIpc) is 2.74.